The maximum atomic E-state index is 4.76. The minimum atomic E-state index is 0.282. The summed E-state index contributed by atoms with van der Waals surface area (Å²) in [6.45, 7) is 13.7. The summed E-state index contributed by atoms with van der Waals surface area (Å²) in [6, 6.07) is 0. The lowest BCUT2D eigenvalue weighted by Gasteiger charge is -2.40. The molecule has 0 amide bonds. The van der Waals surface area contributed by atoms with Gasteiger partial charge in [-0.25, -0.2) is 0 Å². The third-order valence-corrected chi connectivity index (χ3v) is 5.04. The fourth-order valence-electron chi connectivity index (χ4n) is 1.41. The van der Waals surface area contributed by atoms with Crippen LogP contribution in [0.25, 0.3) is 0 Å². The highest BCUT2D eigenvalue weighted by atomic mass is 32.2. The van der Waals surface area contributed by atoms with Crippen molar-refractivity contribution >= 4 is 24.4 Å². The number of rotatable bonds is 2. The van der Waals surface area contributed by atoms with Gasteiger partial charge in [-0.1, -0.05) is 41.5 Å². The van der Waals surface area contributed by atoms with Crippen molar-refractivity contribution in [3.8, 4) is 0 Å². The van der Waals surface area contributed by atoms with Crippen LogP contribution in [-0.2, 0) is 0 Å². The Balaban J connectivity index is 4.61. The molecule has 0 fully saturated rings. The Labute approximate surface area is 93.7 Å². The molecular weight excluding hydrogens is 196 g/mol. The first kappa shape index (κ1) is 13.7. The molecule has 0 aliphatic rings. The van der Waals surface area contributed by atoms with Crippen LogP contribution < -0.4 is 0 Å². The van der Waals surface area contributed by atoms with Crippen LogP contribution in [0.2, 0.25) is 0 Å². The topological polar surface area (TPSA) is 0 Å². The zero-order valence-electron chi connectivity index (χ0n) is 10.0. The maximum absolute atomic E-state index is 4.76. The minimum absolute atomic E-state index is 0.282. The first-order chi connectivity index (χ1) is 5.60. The van der Waals surface area contributed by atoms with Crippen LogP contribution in [-0.4, -0.2) is 16.8 Å². The van der Waals surface area contributed by atoms with Crippen molar-refractivity contribution in [1.29, 1.82) is 0 Å². The van der Waals surface area contributed by atoms with E-state index in [9.17, 15) is 0 Å². The highest BCUT2D eigenvalue weighted by Gasteiger charge is 2.35. The third-order valence-electron chi connectivity index (χ3n) is 2.28. The summed E-state index contributed by atoms with van der Waals surface area (Å²) in [7, 11) is 0. The van der Waals surface area contributed by atoms with Crippen molar-refractivity contribution in [1.82, 2.24) is 0 Å². The van der Waals surface area contributed by atoms with Crippen molar-refractivity contribution < 1.29 is 0 Å². The van der Waals surface area contributed by atoms with E-state index in [-0.39, 0.29) is 5.41 Å². The smallest absolute Gasteiger partial charge is 0.0214 e. The first-order valence-electron chi connectivity index (χ1n) is 4.81. The van der Waals surface area contributed by atoms with Crippen molar-refractivity contribution in [2.24, 2.45) is 10.8 Å². The van der Waals surface area contributed by atoms with E-state index in [0.29, 0.717) is 15.9 Å². The van der Waals surface area contributed by atoms with Gasteiger partial charge < -0.3 is 0 Å². The molecule has 0 bridgehead atoms. The van der Waals surface area contributed by atoms with Crippen LogP contribution >= 0.6 is 24.4 Å². The molecule has 0 aliphatic carbocycles. The van der Waals surface area contributed by atoms with Gasteiger partial charge >= 0.3 is 0 Å². The van der Waals surface area contributed by atoms with Gasteiger partial charge in [0.2, 0.25) is 0 Å². The molecule has 0 saturated heterocycles. The molecule has 0 aromatic carbocycles. The van der Waals surface area contributed by atoms with E-state index in [1.54, 1.807) is 0 Å². The maximum Gasteiger partial charge on any atom is 0.0214 e. The molecule has 2 heteroatoms. The quantitative estimate of drug-likeness (QED) is 0.683. The molecule has 2 atom stereocenters. The molecular formula is C11H24S2. The second-order valence-corrected chi connectivity index (χ2v) is 7.37. The molecule has 80 valence electrons. The predicted molar refractivity (Wildman–Crippen MR) is 69.0 cm³/mol. The summed E-state index contributed by atoms with van der Waals surface area (Å²) in [5.74, 6) is 0. The van der Waals surface area contributed by atoms with E-state index < -0.39 is 0 Å². The molecule has 0 heterocycles. The van der Waals surface area contributed by atoms with Crippen LogP contribution in [0.4, 0.5) is 0 Å². The van der Waals surface area contributed by atoms with E-state index >= 15 is 0 Å². The average Bonchev–Trinajstić information content (AvgIpc) is 1.83. The van der Waals surface area contributed by atoms with E-state index in [0.717, 1.165) is 0 Å². The molecule has 0 radical (unpaired) electrons. The van der Waals surface area contributed by atoms with Gasteiger partial charge in [0, 0.05) is 10.5 Å². The van der Waals surface area contributed by atoms with Crippen molar-refractivity contribution in [3.05, 3.63) is 0 Å². The lowest BCUT2D eigenvalue weighted by atomic mass is 9.80. The second kappa shape index (κ2) is 4.48. The molecule has 0 rings (SSSR count). The van der Waals surface area contributed by atoms with E-state index in [1.807, 2.05) is 11.8 Å². The SMILES string of the molecule is CSC(C(S)C(C)(C)C)C(C)(C)C. The Kier molecular flexibility index (Phi) is 4.72. The fourth-order valence-corrected chi connectivity index (χ4v) is 3.60. The van der Waals surface area contributed by atoms with Crippen LogP contribution in [0, 0.1) is 10.8 Å². The zero-order valence-corrected chi connectivity index (χ0v) is 11.7. The normalized spacial score (nSPS) is 18.5. The Morgan fingerprint density at radius 1 is 0.923 bits per heavy atom. The molecule has 13 heavy (non-hydrogen) atoms. The molecule has 0 nitrogen and oxygen atoms in total. The van der Waals surface area contributed by atoms with Crippen molar-refractivity contribution in [2.75, 3.05) is 6.26 Å². The summed E-state index contributed by atoms with van der Waals surface area (Å²) in [4.78, 5) is 0. The van der Waals surface area contributed by atoms with Gasteiger partial charge in [0.25, 0.3) is 0 Å². The third kappa shape index (κ3) is 4.16. The summed E-state index contributed by atoms with van der Waals surface area (Å²) in [6.07, 6.45) is 2.19. The Morgan fingerprint density at radius 2 is 1.31 bits per heavy atom. The lowest BCUT2D eigenvalue weighted by Crippen LogP contribution is -2.39. The molecule has 2 unspecified atom stereocenters. The molecule has 0 aromatic heterocycles. The Hall–Kier alpha value is 0.700. The summed E-state index contributed by atoms with van der Waals surface area (Å²) < 4.78 is 0. The van der Waals surface area contributed by atoms with Crippen LogP contribution in [0.5, 0.6) is 0 Å². The first-order valence-corrected chi connectivity index (χ1v) is 6.62. The van der Waals surface area contributed by atoms with Crippen LogP contribution in [0.3, 0.4) is 0 Å². The van der Waals surface area contributed by atoms with Crippen molar-refractivity contribution in [3.63, 3.8) is 0 Å². The number of hydrogen-bond acceptors (Lipinski definition) is 2. The van der Waals surface area contributed by atoms with Crippen LogP contribution in [0.1, 0.15) is 41.5 Å². The Morgan fingerprint density at radius 3 is 1.38 bits per heavy atom. The van der Waals surface area contributed by atoms with Gasteiger partial charge in [-0.3, -0.25) is 0 Å². The van der Waals surface area contributed by atoms with Crippen LogP contribution in [0.15, 0.2) is 0 Å². The van der Waals surface area contributed by atoms with Gasteiger partial charge in [0.1, 0.15) is 0 Å². The molecule has 0 saturated carbocycles. The standard InChI is InChI=1S/C11H24S2/c1-10(2,3)8(12)9(13-7)11(4,5)6/h8-9,12H,1-7H3. The number of thiol groups is 1. The largest absolute Gasteiger partial charge is 0.174 e. The van der Waals surface area contributed by atoms with Crippen molar-refractivity contribution in [2.45, 2.75) is 52.0 Å². The highest BCUT2D eigenvalue weighted by molar-refractivity contribution is 8.00. The molecule has 0 aliphatic heterocycles. The van der Waals surface area contributed by atoms with Gasteiger partial charge in [0.15, 0.2) is 0 Å². The van der Waals surface area contributed by atoms with E-state index in [2.05, 4.69) is 47.8 Å². The molecule has 0 N–H and O–H groups in total. The Bertz CT molecular complexity index is 150. The second-order valence-electron chi connectivity index (χ2n) is 5.83. The van der Waals surface area contributed by atoms with Gasteiger partial charge in [-0.15, -0.1) is 0 Å². The van der Waals surface area contributed by atoms with Gasteiger partial charge in [-0.05, 0) is 17.1 Å². The lowest BCUT2D eigenvalue weighted by molar-refractivity contribution is 0.299. The molecule has 0 aromatic rings. The van der Waals surface area contributed by atoms with E-state index in [1.165, 1.54) is 0 Å². The molecule has 0 spiro atoms. The zero-order chi connectivity index (χ0) is 10.9. The number of hydrogen-bond donors (Lipinski definition) is 1. The van der Waals surface area contributed by atoms with Gasteiger partial charge in [0.05, 0.1) is 0 Å². The van der Waals surface area contributed by atoms with E-state index in [4.69, 9.17) is 12.6 Å². The average molecular weight is 220 g/mol. The highest BCUT2D eigenvalue weighted by Crippen LogP contribution is 2.40. The monoisotopic (exact) mass is 220 g/mol. The summed E-state index contributed by atoms with van der Waals surface area (Å²) >= 11 is 6.69. The number of thioether (sulfide) groups is 1. The van der Waals surface area contributed by atoms with Gasteiger partial charge in [-0.2, -0.15) is 24.4 Å². The summed E-state index contributed by atoms with van der Waals surface area (Å²) in [5, 5.41) is 1.05. The predicted octanol–water partition coefficient (Wildman–Crippen LogP) is 4.11. The summed E-state index contributed by atoms with van der Waals surface area (Å²) in [5.41, 5.74) is 0.614. The minimum Gasteiger partial charge on any atom is -0.174 e. The fraction of sp³-hybridized carbons (Fsp3) is 1.00.